The third-order valence-electron chi connectivity index (χ3n) is 3.50. The number of benzene rings is 2. The molecule has 6 heteroatoms. The van der Waals surface area contributed by atoms with Crippen LogP contribution in [0.4, 0.5) is 10.1 Å². The molecule has 3 rings (SSSR count). The molecule has 0 bridgehead atoms. The van der Waals surface area contributed by atoms with Crippen LogP contribution in [0.2, 0.25) is 10.0 Å². The van der Waals surface area contributed by atoms with Crippen molar-refractivity contribution in [2.45, 2.75) is 12.5 Å². The molecule has 2 aromatic carbocycles. The maximum absolute atomic E-state index is 14.1. The highest BCUT2D eigenvalue weighted by molar-refractivity contribution is 6.32. The second kappa shape index (κ2) is 5.30. The van der Waals surface area contributed by atoms with Gasteiger partial charge in [-0.05, 0) is 29.3 Å². The Morgan fingerprint density at radius 3 is 2.71 bits per heavy atom. The first kappa shape index (κ1) is 14.3. The van der Waals surface area contributed by atoms with Crippen molar-refractivity contribution in [1.29, 1.82) is 0 Å². The molecule has 1 aliphatic heterocycles. The van der Waals surface area contributed by atoms with E-state index >= 15 is 0 Å². The third-order valence-corrected chi connectivity index (χ3v) is 4.12. The SMILES string of the molecule is NC(c1cc2c(cc1Cl)NC(=O)C2)c1cccc(Cl)c1F. The Morgan fingerprint density at radius 1 is 1.19 bits per heavy atom. The lowest BCUT2D eigenvalue weighted by atomic mass is 9.96. The quantitative estimate of drug-likeness (QED) is 0.885. The number of anilines is 1. The van der Waals surface area contributed by atoms with E-state index < -0.39 is 11.9 Å². The number of nitrogens with two attached hydrogens (primary N) is 1. The zero-order valence-electron chi connectivity index (χ0n) is 10.8. The maximum atomic E-state index is 14.1. The van der Waals surface area contributed by atoms with Crippen LogP contribution in [-0.2, 0) is 11.2 Å². The number of halogens is 3. The molecular formula is C15H11Cl2FN2O. The van der Waals surface area contributed by atoms with Crippen LogP contribution in [0.15, 0.2) is 30.3 Å². The second-order valence-corrected chi connectivity index (χ2v) is 5.69. The summed E-state index contributed by atoms with van der Waals surface area (Å²) in [5.41, 5.74) is 8.43. The van der Waals surface area contributed by atoms with E-state index in [9.17, 15) is 9.18 Å². The summed E-state index contributed by atoms with van der Waals surface area (Å²) in [6.45, 7) is 0. The number of amides is 1. The zero-order valence-corrected chi connectivity index (χ0v) is 12.3. The predicted octanol–water partition coefficient (Wildman–Crippen LogP) is 3.68. The molecule has 1 aliphatic rings. The Balaban J connectivity index is 2.06. The lowest BCUT2D eigenvalue weighted by Gasteiger charge is -2.17. The van der Waals surface area contributed by atoms with Gasteiger partial charge in [0.05, 0.1) is 17.5 Å². The summed E-state index contributed by atoms with van der Waals surface area (Å²) < 4.78 is 14.1. The molecule has 0 aliphatic carbocycles. The molecule has 3 nitrogen and oxygen atoms in total. The summed E-state index contributed by atoms with van der Waals surface area (Å²) in [4.78, 5) is 11.4. The minimum Gasteiger partial charge on any atom is -0.325 e. The van der Waals surface area contributed by atoms with E-state index in [1.165, 1.54) is 6.07 Å². The molecular weight excluding hydrogens is 314 g/mol. The molecule has 0 saturated heterocycles. The molecule has 1 amide bonds. The highest BCUT2D eigenvalue weighted by atomic mass is 35.5. The Hall–Kier alpha value is -1.62. The van der Waals surface area contributed by atoms with Crippen LogP contribution in [0.25, 0.3) is 0 Å². The largest absolute Gasteiger partial charge is 0.325 e. The fraction of sp³-hybridized carbons (Fsp3) is 0.133. The number of fused-ring (bicyclic) bond motifs is 1. The smallest absolute Gasteiger partial charge is 0.228 e. The molecule has 1 atom stereocenters. The molecule has 0 aromatic heterocycles. The predicted molar refractivity (Wildman–Crippen MR) is 81.2 cm³/mol. The van der Waals surface area contributed by atoms with E-state index in [4.69, 9.17) is 28.9 Å². The van der Waals surface area contributed by atoms with Crippen LogP contribution in [0.5, 0.6) is 0 Å². The van der Waals surface area contributed by atoms with Crippen LogP contribution in [-0.4, -0.2) is 5.91 Å². The normalized spacial score (nSPS) is 14.8. The van der Waals surface area contributed by atoms with E-state index in [0.717, 1.165) is 5.56 Å². The summed E-state index contributed by atoms with van der Waals surface area (Å²) in [7, 11) is 0. The van der Waals surface area contributed by atoms with Gasteiger partial charge in [0.1, 0.15) is 5.82 Å². The highest BCUT2D eigenvalue weighted by Crippen LogP contribution is 2.35. The molecule has 108 valence electrons. The number of nitrogens with one attached hydrogen (secondary N) is 1. The first-order valence-electron chi connectivity index (χ1n) is 6.29. The minimum atomic E-state index is -0.753. The average molecular weight is 325 g/mol. The maximum Gasteiger partial charge on any atom is 0.228 e. The second-order valence-electron chi connectivity index (χ2n) is 4.88. The van der Waals surface area contributed by atoms with Crippen molar-refractivity contribution in [3.05, 3.63) is 62.9 Å². The third kappa shape index (κ3) is 2.50. The van der Waals surface area contributed by atoms with E-state index in [1.807, 2.05) is 0 Å². The number of hydrogen-bond acceptors (Lipinski definition) is 2. The molecule has 0 spiro atoms. The lowest BCUT2D eigenvalue weighted by molar-refractivity contribution is -0.115. The van der Waals surface area contributed by atoms with Crippen molar-refractivity contribution in [2.24, 2.45) is 5.73 Å². The van der Waals surface area contributed by atoms with E-state index in [1.54, 1.807) is 24.3 Å². The summed E-state index contributed by atoms with van der Waals surface area (Å²) in [6, 6.07) is 7.28. The van der Waals surface area contributed by atoms with Crippen LogP contribution in [0.1, 0.15) is 22.7 Å². The van der Waals surface area contributed by atoms with Crippen molar-refractivity contribution < 1.29 is 9.18 Å². The average Bonchev–Trinajstić information content (AvgIpc) is 2.79. The van der Waals surface area contributed by atoms with E-state index in [0.29, 0.717) is 16.3 Å². The van der Waals surface area contributed by atoms with Gasteiger partial charge in [0.25, 0.3) is 0 Å². The van der Waals surface area contributed by atoms with Gasteiger partial charge in [-0.25, -0.2) is 4.39 Å². The van der Waals surface area contributed by atoms with Gasteiger partial charge in [0.2, 0.25) is 5.91 Å². The van der Waals surface area contributed by atoms with Crippen LogP contribution < -0.4 is 11.1 Å². The summed E-state index contributed by atoms with van der Waals surface area (Å²) in [6.07, 6.45) is 0.268. The van der Waals surface area contributed by atoms with Gasteiger partial charge in [0, 0.05) is 16.3 Å². The summed E-state index contributed by atoms with van der Waals surface area (Å²) in [5.74, 6) is -0.654. The number of rotatable bonds is 2. The van der Waals surface area contributed by atoms with Gasteiger partial charge in [-0.3, -0.25) is 4.79 Å². The number of carbonyl (C=O) groups is 1. The van der Waals surface area contributed by atoms with Crippen molar-refractivity contribution >= 4 is 34.8 Å². The molecule has 0 radical (unpaired) electrons. The Kier molecular flexibility index (Phi) is 3.61. The van der Waals surface area contributed by atoms with Gasteiger partial charge < -0.3 is 11.1 Å². The highest BCUT2D eigenvalue weighted by Gasteiger charge is 2.23. The first-order valence-corrected chi connectivity index (χ1v) is 7.04. The topological polar surface area (TPSA) is 55.1 Å². The minimum absolute atomic E-state index is 0.0112. The van der Waals surface area contributed by atoms with Crippen LogP contribution in [0, 0.1) is 5.82 Å². The van der Waals surface area contributed by atoms with Gasteiger partial charge >= 0.3 is 0 Å². The number of carbonyl (C=O) groups excluding carboxylic acids is 1. The van der Waals surface area contributed by atoms with Gasteiger partial charge in [-0.2, -0.15) is 0 Å². The molecule has 2 aromatic rings. The van der Waals surface area contributed by atoms with Crippen molar-refractivity contribution in [3.63, 3.8) is 0 Å². The van der Waals surface area contributed by atoms with E-state index in [-0.39, 0.29) is 22.9 Å². The Labute approximate surface area is 130 Å². The lowest BCUT2D eigenvalue weighted by Crippen LogP contribution is -2.14. The van der Waals surface area contributed by atoms with Crippen LogP contribution >= 0.6 is 23.2 Å². The fourth-order valence-electron chi connectivity index (χ4n) is 2.43. The van der Waals surface area contributed by atoms with Crippen molar-refractivity contribution in [1.82, 2.24) is 0 Å². The molecule has 3 N–H and O–H groups in total. The van der Waals surface area contributed by atoms with Gasteiger partial charge in [-0.15, -0.1) is 0 Å². The van der Waals surface area contributed by atoms with Gasteiger partial charge in [-0.1, -0.05) is 35.3 Å². The summed E-state index contributed by atoms with van der Waals surface area (Å²) in [5, 5.41) is 3.09. The molecule has 0 fully saturated rings. The van der Waals surface area contributed by atoms with E-state index in [2.05, 4.69) is 5.32 Å². The van der Waals surface area contributed by atoms with Crippen molar-refractivity contribution in [3.8, 4) is 0 Å². The molecule has 1 unspecified atom stereocenters. The Bertz CT molecular complexity index is 749. The Morgan fingerprint density at radius 2 is 1.95 bits per heavy atom. The zero-order chi connectivity index (χ0) is 15.1. The number of hydrogen-bond donors (Lipinski definition) is 2. The molecule has 1 heterocycles. The van der Waals surface area contributed by atoms with Gasteiger partial charge in [0.15, 0.2) is 0 Å². The standard InChI is InChI=1S/C15H11Cl2FN2O/c16-10-3-1-2-8(14(10)18)15(19)9-4-7-5-13(21)20-12(7)6-11(9)17/h1-4,6,15H,5,19H2,(H,20,21). The van der Waals surface area contributed by atoms with Crippen LogP contribution in [0.3, 0.4) is 0 Å². The first-order chi connectivity index (χ1) is 9.97. The monoisotopic (exact) mass is 324 g/mol. The molecule has 0 saturated carbocycles. The fourth-order valence-corrected chi connectivity index (χ4v) is 2.90. The summed E-state index contributed by atoms with van der Waals surface area (Å²) >= 11 is 12.0. The van der Waals surface area contributed by atoms with Crippen molar-refractivity contribution in [2.75, 3.05) is 5.32 Å². The molecule has 21 heavy (non-hydrogen) atoms.